The highest BCUT2D eigenvalue weighted by molar-refractivity contribution is 9.10. The van der Waals surface area contributed by atoms with Crippen LogP contribution in [0.15, 0.2) is 22.7 Å². The Morgan fingerprint density at radius 3 is 2.95 bits per heavy atom. The van der Waals surface area contributed by atoms with Gasteiger partial charge in [-0.1, -0.05) is 42.3 Å². The molecule has 1 atom stereocenters. The van der Waals surface area contributed by atoms with Crippen molar-refractivity contribution in [3.8, 4) is 0 Å². The summed E-state index contributed by atoms with van der Waals surface area (Å²) in [7, 11) is 0. The lowest BCUT2D eigenvalue weighted by Crippen LogP contribution is -2.36. The lowest BCUT2D eigenvalue weighted by atomic mass is 9.94. The van der Waals surface area contributed by atoms with E-state index in [1.807, 2.05) is 0 Å². The zero-order chi connectivity index (χ0) is 13.7. The van der Waals surface area contributed by atoms with Gasteiger partial charge in [-0.25, -0.2) is 0 Å². The normalized spacial score (nSPS) is 19.7. The Morgan fingerprint density at radius 2 is 2.21 bits per heavy atom. The summed E-state index contributed by atoms with van der Waals surface area (Å²) in [6.07, 6.45) is 4.02. The van der Waals surface area contributed by atoms with Gasteiger partial charge in [0.1, 0.15) is 0 Å². The second-order valence-corrected chi connectivity index (χ2v) is 6.33. The van der Waals surface area contributed by atoms with Crippen LogP contribution in [0.25, 0.3) is 0 Å². The Morgan fingerprint density at radius 1 is 1.37 bits per heavy atom. The number of anilines is 1. The Balaban J connectivity index is 2.18. The van der Waals surface area contributed by atoms with Gasteiger partial charge in [-0.15, -0.1) is 0 Å². The lowest BCUT2D eigenvalue weighted by molar-refractivity contribution is 0.404. The van der Waals surface area contributed by atoms with Crippen molar-refractivity contribution >= 4 is 21.6 Å². The molecule has 1 aromatic carbocycles. The summed E-state index contributed by atoms with van der Waals surface area (Å²) in [5, 5.41) is 3.45. The van der Waals surface area contributed by atoms with Crippen LogP contribution in [-0.2, 0) is 6.54 Å². The molecule has 0 saturated carbocycles. The highest BCUT2D eigenvalue weighted by atomic mass is 79.9. The minimum absolute atomic E-state index is 0.861. The van der Waals surface area contributed by atoms with Crippen molar-refractivity contribution in [3.05, 3.63) is 28.2 Å². The summed E-state index contributed by atoms with van der Waals surface area (Å²) in [6, 6.07) is 6.68. The van der Waals surface area contributed by atoms with Gasteiger partial charge in [0.2, 0.25) is 0 Å². The average Bonchev–Trinajstić information content (AvgIpc) is 2.46. The maximum absolute atomic E-state index is 3.62. The molecule has 19 heavy (non-hydrogen) atoms. The molecule has 2 rings (SSSR count). The molecule has 1 aromatic rings. The molecular formula is C16H25BrN2. The molecule has 1 aliphatic heterocycles. The molecule has 1 N–H and O–H groups in total. The monoisotopic (exact) mass is 324 g/mol. The van der Waals surface area contributed by atoms with Crippen molar-refractivity contribution in [1.29, 1.82) is 0 Å². The molecule has 3 heteroatoms. The van der Waals surface area contributed by atoms with E-state index in [1.54, 1.807) is 0 Å². The van der Waals surface area contributed by atoms with Crippen LogP contribution in [-0.4, -0.2) is 19.6 Å². The van der Waals surface area contributed by atoms with E-state index < -0.39 is 0 Å². The van der Waals surface area contributed by atoms with Crippen LogP contribution in [0.5, 0.6) is 0 Å². The number of nitrogens with zero attached hydrogens (tertiary/aromatic N) is 1. The summed E-state index contributed by atoms with van der Waals surface area (Å²) in [6.45, 7) is 8.87. The van der Waals surface area contributed by atoms with Gasteiger partial charge < -0.3 is 10.2 Å². The van der Waals surface area contributed by atoms with E-state index in [1.165, 1.54) is 48.1 Å². The van der Waals surface area contributed by atoms with E-state index in [0.717, 1.165) is 19.0 Å². The third kappa shape index (κ3) is 3.96. The zero-order valence-corrected chi connectivity index (χ0v) is 13.7. The standard InChI is InChI=1S/C16H25BrN2/c1-3-13-6-5-9-19(12-13)16-10-15(17)8-7-14(16)11-18-4-2/h7-8,10,13,18H,3-6,9,11-12H2,1-2H3. The highest BCUT2D eigenvalue weighted by Gasteiger charge is 2.20. The number of rotatable bonds is 5. The fraction of sp³-hybridized carbons (Fsp3) is 0.625. The molecule has 2 nitrogen and oxygen atoms in total. The van der Waals surface area contributed by atoms with Crippen LogP contribution in [0.3, 0.4) is 0 Å². The largest absolute Gasteiger partial charge is 0.371 e. The second-order valence-electron chi connectivity index (χ2n) is 5.42. The van der Waals surface area contributed by atoms with E-state index in [0.29, 0.717) is 0 Å². The predicted molar refractivity (Wildman–Crippen MR) is 86.8 cm³/mol. The molecule has 1 heterocycles. The topological polar surface area (TPSA) is 15.3 Å². The number of benzene rings is 1. The molecule has 1 unspecified atom stereocenters. The third-order valence-corrected chi connectivity index (χ3v) is 4.54. The highest BCUT2D eigenvalue weighted by Crippen LogP contribution is 2.30. The Hall–Kier alpha value is -0.540. The van der Waals surface area contributed by atoms with Crippen molar-refractivity contribution < 1.29 is 0 Å². The van der Waals surface area contributed by atoms with Gasteiger partial charge in [0.05, 0.1) is 0 Å². The quantitative estimate of drug-likeness (QED) is 0.873. The molecule has 1 aliphatic rings. The first-order valence-corrected chi connectivity index (χ1v) is 8.28. The van der Waals surface area contributed by atoms with E-state index in [-0.39, 0.29) is 0 Å². The number of halogens is 1. The van der Waals surface area contributed by atoms with Crippen molar-refractivity contribution in [2.45, 2.75) is 39.7 Å². The minimum atomic E-state index is 0.861. The summed E-state index contributed by atoms with van der Waals surface area (Å²) >= 11 is 3.62. The van der Waals surface area contributed by atoms with Gasteiger partial charge in [0.25, 0.3) is 0 Å². The van der Waals surface area contributed by atoms with Crippen LogP contribution in [0.1, 0.15) is 38.7 Å². The fourth-order valence-electron chi connectivity index (χ4n) is 2.86. The minimum Gasteiger partial charge on any atom is -0.371 e. The van der Waals surface area contributed by atoms with Gasteiger partial charge >= 0.3 is 0 Å². The SMILES string of the molecule is CCNCc1ccc(Br)cc1N1CCCC(CC)C1. The Labute approximate surface area is 125 Å². The number of piperidine rings is 1. The van der Waals surface area contributed by atoms with Gasteiger partial charge in [0, 0.05) is 29.8 Å². The Bertz CT molecular complexity index is 406. The number of hydrogen-bond acceptors (Lipinski definition) is 2. The molecule has 0 spiro atoms. The first kappa shape index (κ1) is 14.9. The van der Waals surface area contributed by atoms with E-state index >= 15 is 0 Å². The van der Waals surface area contributed by atoms with Crippen molar-refractivity contribution in [1.82, 2.24) is 5.32 Å². The van der Waals surface area contributed by atoms with E-state index in [4.69, 9.17) is 0 Å². The van der Waals surface area contributed by atoms with Gasteiger partial charge in [-0.05, 0) is 43.0 Å². The predicted octanol–water partition coefficient (Wildman–Crippen LogP) is 4.19. The van der Waals surface area contributed by atoms with Crippen LogP contribution in [0.2, 0.25) is 0 Å². The lowest BCUT2D eigenvalue weighted by Gasteiger charge is -2.35. The first-order chi connectivity index (χ1) is 9.24. The van der Waals surface area contributed by atoms with E-state index in [2.05, 4.69) is 58.2 Å². The zero-order valence-electron chi connectivity index (χ0n) is 12.1. The first-order valence-electron chi connectivity index (χ1n) is 7.48. The van der Waals surface area contributed by atoms with Crippen molar-refractivity contribution in [2.75, 3.05) is 24.5 Å². The van der Waals surface area contributed by atoms with Crippen LogP contribution < -0.4 is 10.2 Å². The Kier molecular flexibility index (Phi) is 5.71. The number of hydrogen-bond donors (Lipinski definition) is 1. The van der Waals surface area contributed by atoms with Gasteiger partial charge in [-0.2, -0.15) is 0 Å². The third-order valence-electron chi connectivity index (χ3n) is 4.05. The van der Waals surface area contributed by atoms with Crippen molar-refractivity contribution in [3.63, 3.8) is 0 Å². The summed E-state index contributed by atoms with van der Waals surface area (Å²) in [5.74, 6) is 0.861. The average molecular weight is 325 g/mol. The second kappa shape index (κ2) is 7.30. The smallest absolute Gasteiger partial charge is 0.0423 e. The summed E-state index contributed by atoms with van der Waals surface area (Å²) in [4.78, 5) is 2.58. The molecule has 0 bridgehead atoms. The van der Waals surface area contributed by atoms with Gasteiger partial charge in [0.15, 0.2) is 0 Å². The van der Waals surface area contributed by atoms with E-state index in [9.17, 15) is 0 Å². The van der Waals surface area contributed by atoms with Crippen molar-refractivity contribution in [2.24, 2.45) is 5.92 Å². The number of nitrogens with one attached hydrogen (secondary N) is 1. The molecule has 1 fully saturated rings. The van der Waals surface area contributed by atoms with Crippen LogP contribution in [0.4, 0.5) is 5.69 Å². The maximum atomic E-state index is 3.62. The molecule has 1 saturated heterocycles. The molecule has 106 valence electrons. The molecule has 0 aromatic heterocycles. The van der Waals surface area contributed by atoms with Crippen LogP contribution in [0, 0.1) is 5.92 Å². The fourth-order valence-corrected chi connectivity index (χ4v) is 3.21. The molecule has 0 radical (unpaired) electrons. The maximum Gasteiger partial charge on any atom is 0.0423 e. The summed E-state index contributed by atoms with van der Waals surface area (Å²) in [5.41, 5.74) is 2.83. The molecular weight excluding hydrogens is 300 g/mol. The van der Waals surface area contributed by atoms with Gasteiger partial charge in [-0.3, -0.25) is 0 Å². The molecule has 0 aliphatic carbocycles. The summed E-state index contributed by atoms with van der Waals surface area (Å²) < 4.78 is 1.18. The molecule has 0 amide bonds. The van der Waals surface area contributed by atoms with Crippen LogP contribution >= 0.6 is 15.9 Å².